The highest BCUT2D eigenvalue weighted by Crippen LogP contribution is 2.32. The van der Waals surface area contributed by atoms with Crippen molar-refractivity contribution >= 4 is 12.0 Å². The van der Waals surface area contributed by atoms with Crippen molar-refractivity contribution < 1.29 is 73.7 Å². The molecular weight excluding hydrogens is 612 g/mol. The molecular formula is C31H40O15. The van der Waals surface area contributed by atoms with Gasteiger partial charge >= 0.3 is 5.97 Å². The van der Waals surface area contributed by atoms with Gasteiger partial charge in [0.05, 0.1) is 33.5 Å². The molecule has 10 atom stereocenters. The quantitative estimate of drug-likeness (QED) is 0.114. The van der Waals surface area contributed by atoms with Crippen LogP contribution >= 0.6 is 0 Å². The van der Waals surface area contributed by atoms with Crippen LogP contribution in [0.25, 0.3) is 6.08 Å². The van der Waals surface area contributed by atoms with Gasteiger partial charge < -0.3 is 68.9 Å². The molecule has 46 heavy (non-hydrogen) atoms. The van der Waals surface area contributed by atoms with Crippen LogP contribution in [0.2, 0.25) is 0 Å². The summed E-state index contributed by atoms with van der Waals surface area (Å²) in [7, 11) is 2.81. The maximum atomic E-state index is 12.9. The molecule has 2 fully saturated rings. The van der Waals surface area contributed by atoms with E-state index in [1.807, 2.05) is 0 Å². The van der Waals surface area contributed by atoms with Gasteiger partial charge in [0.2, 0.25) is 0 Å². The first-order valence-electron chi connectivity index (χ1n) is 14.5. The average Bonchev–Trinajstić information content (AvgIpc) is 3.04. The maximum Gasteiger partial charge on any atom is 0.331 e. The fraction of sp³-hybridized carbons (Fsp3) is 0.516. The predicted octanol–water partition coefficient (Wildman–Crippen LogP) is -0.410. The largest absolute Gasteiger partial charge is 0.504 e. The third-order valence-corrected chi connectivity index (χ3v) is 7.68. The molecule has 254 valence electrons. The van der Waals surface area contributed by atoms with Gasteiger partial charge in [0.25, 0.3) is 0 Å². The molecule has 4 rings (SSSR count). The van der Waals surface area contributed by atoms with Crippen molar-refractivity contribution in [3.05, 3.63) is 53.6 Å². The van der Waals surface area contributed by atoms with E-state index < -0.39 is 74.0 Å². The summed E-state index contributed by atoms with van der Waals surface area (Å²) in [5, 5.41) is 72.5. The van der Waals surface area contributed by atoms with E-state index in [0.29, 0.717) is 11.1 Å². The highest BCUT2D eigenvalue weighted by atomic mass is 16.7. The lowest BCUT2D eigenvalue weighted by molar-refractivity contribution is -0.357. The first kappa shape index (κ1) is 35.3. The Bertz CT molecular complexity index is 1340. The molecule has 2 saturated heterocycles. The molecule has 0 spiro atoms. The average molecular weight is 653 g/mol. The number of carbonyl (C=O) groups is 1. The van der Waals surface area contributed by atoms with Gasteiger partial charge in [0.1, 0.15) is 36.6 Å². The van der Waals surface area contributed by atoms with Crippen molar-refractivity contribution in [1.82, 2.24) is 0 Å². The number of benzene rings is 2. The Balaban J connectivity index is 1.52. The zero-order chi connectivity index (χ0) is 33.5. The minimum atomic E-state index is -1.75. The normalized spacial score (nSPS) is 31.5. The minimum Gasteiger partial charge on any atom is -0.504 e. The molecule has 0 aliphatic carbocycles. The number of esters is 1. The number of aromatic hydroxyl groups is 2. The second kappa shape index (κ2) is 15.9. The van der Waals surface area contributed by atoms with Crippen LogP contribution in [0.4, 0.5) is 0 Å². The van der Waals surface area contributed by atoms with E-state index in [2.05, 4.69) is 0 Å². The number of rotatable bonds is 12. The number of phenolic OH excluding ortho intramolecular Hbond substituents is 2. The van der Waals surface area contributed by atoms with E-state index in [1.54, 1.807) is 18.2 Å². The standard InChI is InChI=1S/C31H40O15/c1-15-24(36)25(37)26(38)31(43-15)46-29-27(39)30(42-11-10-17-5-8-21(41-3)19(34)13-17)44-22(14-32)28(29)45-23(35)9-6-16-4-7-20(40-2)18(33)12-16/h4-9,12-13,15,22,24-34,36-39H,10-11,14H2,1-3H3/b9-6+/t15-,22+,24-,25+,26+,27+,28+,29+,30+,31-/m0/s1. The summed E-state index contributed by atoms with van der Waals surface area (Å²) in [6.45, 7) is 0.707. The molecule has 0 unspecified atom stereocenters. The number of hydrogen-bond acceptors (Lipinski definition) is 15. The van der Waals surface area contributed by atoms with Crippen LogP contribution < -0.4 is 9.47 Å². The lowest BCUT2D eigenvalue weighted by Gasteiger charge is -2.46. The van der Waals surface area contributed by atoms with Gasteiger partial charge in [0.15, 0.2) is 41.7 Å². The highest BCUT2D eigenvalue weighted by Gasteiger charge is 2.52. The Kier molecular flexibility index (Phi) is 12.2. The number of phenols is 2. The topological polar surface area (TPSA) is 223 Å². The van der Waals surface area contributed by atoms with Crippen LogP contribution in [0, 0.1) is 0 Å². The van der Waals surface area contributed by atoms with Crippen molar-refractivity contribution in [2.45, 2.75) is 74.8 Å². The SMILES string of the molecule is COc1ccc(/C=C/C(=O)O[C@H]2[C@H](O[C@@H]3O[C@@H](C)[C@H](O)[C@@H](O)[C@H]3O)[C@@H](O)[C@H](OCCc3ccc(OC)c(O)c3)O[C@@H]2CO)cc1O. The Morgan fingerprint density at radius 3 is 2.15 bits per heavy atom. The summed E-state index contributed by atoms with van der Waals surface area (Å²) in [6, 6.07) is 9.21. The fourth-order valence-electron chi connectivity index (χ4n) is 5.09. The number of aliphatic hydroxyl groups is 5. The van der Waals surface area contributed by atoms with E-state index >= 15 is 0 Å². The Hall–Kier alpha value is -3.51. The van der Waals surface area contributed by atoms with E-state index in [1.165, 1.54) is 45.4 Å². The molecule has 2 aliphatic rings. The molecule has 2 heterocycles. The van der Waals surface area contributed by atoms with Gasteiger partial charge in [-0.25, -0.2) is 4.79 Å². The third-order valence-electron chi connectivity index (χ3n) is 7.68. The molecule has 0 bridgehead atoms. The molecule has 15 nitrogen and oxygen atoms in total. The van der Waals surface area contributed by atoms with Crippen LogP contribution in [-0.2, 0) is 34.9 Å². The van der Waals surface area contributed by atoms with Gasteiger partial charge in [-0.05, 0) is 54.8 Å². The molecule has 2 aliphatic heterocycles. The van der Waals surface area contributed by atoms with E-state index in [0.717, 1.165) is 6.08 Å². The predicted molar refractivity (Wildman–Crippen MR) is 157 cm³/mol. The van der Waals surface area contributed by atoms with Crippen LogP contribution in [-0.4, -0.2) is 131 Å². The van der Waals surface area contributed by atoms with Gasteiger partial charge in [0, 0.05) is 6.08 Å². The van der Waals surface area contributed by atoms with E-state index in [-0.39, 0.29) is 36.0 Å². The molecule has 15 heteroatoms. The number of aliphatic hydroxyl groups excluding tert-OH is 5. The van der Waals surface area contributed by atoms with E-state index in [4.69, 9.17) is 33.2 Å². The van der Waals surface area contributed by atoms with Crippen molar-refractivity contribution in [1.29, 1.82) is 0 Å². The van der Waals surface area contributed by atoms with Crippen molar-refractivity contribution in [3.63, 3.8) is 0 Å². The molecule has 0 radical (unpaired) electrons. The van der Waals surface area contributed by atoms with Crippen LogP contribution in [0.1, 0.15) is 18.1 Å². The van der Waals surface area contributed by atoms with Crippen LogP contribution in [0.3, 0.4) is 0 Å². The maximum absolute atomic E-state index is 12.9. The molecule has 0 aromatic heterocycles. The van der Waals surface area contributed by atoms with Gasteiger partial charge in [-0.15, -0.1) is 0 Å². The zero-order valence-electron chi connectivity index (χ0n) is 25.4. The molecule has 7 N–H and O–H groups in total. The first-order valence-corrected chi connectivity index (χ1v) is 14.5. The third kappa shape index (κ3) is 8.25. The summed E-state index contributed by atoms with van der Waals surface area (Å²) in [6.07, 6.45) is -12.1. The van der Waals surface area contributed by atoms with Gasteiger partial charge in [-0.2, -0.15) is 0 Å². The number of carbonyl (C=O) groups excluding carboxylic acids is 1. The second-order valence-electron chi connectivity index (χ2n) is 10.8. The molecule has 2 aromatic carbocycles. The zero-order valence-corrected chi connectivity index (χ0v) is 25.4. The number of hydrogen-bond donors (Lipinski definition) is 7. The lowest BCUT2D eigenvalue weighted by atomic mass is 9.97. The highest BCUT2D eigenvalue weighted by molar-refractivity contribution is 5.87. The summed E-state index contributed by atoms with van der Waals surface area (Å²) in [5.41, 5.74) is 1.11. The number of ether oxygens (including phenoxy) is 7. The monoisotopic (exact) mass is 652 g/mol. The lowest BCUT2D eigenvalue weighted by Crippen LogP contribution is -2.65. The van der Waals surface area contributed by atoms with Gasteiger partial charge in [-0.1, -0.05) is 12.1 Å². The van der Waals surface area contributed by atoms with Crippen molar-refractivity contribution in [3.8, 4) is 23.0 Å². The summed E-state index contributed by atoms with van der Waals surface area (Å²) in [4.78, 5) is 12.9. The molecule has 0 amide bonds. The Morgan fingerprint density at radius 1 is 0.848 bits per heavy atom. The fourth-order valence-corrected chi connectivity index (χ4v) is 5.09. The van der Waals surface area contributed by atoms with Gasteiger partial charge in [-0.3, -0.25) is 0 Å². The van der Waals surface area contributed by atoms with E-state index in [9.17, 15) is 40.5 Å². The Labute approximate surface area is 264 Å². The first-order chi connectivity index (χ1) is 22.0. The van der Waals surface area contributed by atoms with Crippen molar-refractivity contribution in [2.24, 2.45) is 0 Å². The molecule has 2 aromatic rings. The Morgan fingerprint density at radius 2 is 1.52 bits per heavy atom. The summed E-state index contributed by atoms with van der Waals surface area (Å²) >= 11 is 0. The molecule has 0 saturated carbocycles. The number of methoxy groups -OCH3 is 2. The second-order valence-corrected chi connectivity index (χ2v) is 10.8. The smallest absolute Gasteiger partial charge is 0.331 e. The van der Waals surface area contributed by atoms with Crippen LogP contribution in [0.15, 0.2) is 42.5 Å². The minimum absolute atomic E-state index is 0.0231. The van der Waals surface area contributed by atoms with Crippen molar-refractivity contribution in [2.75, 3.05) is 27.4 Å². The van der Waals surface area contributed by atoms with Crippen LogP contribution in [0.5, 0.6) is 23.0 Å². The summed E-state index contributed by atoms with van der Waals surface area (Å²) < 4.78 is 38.5. The summed E-state index contributed by atoms with van der Waals surface area (Å²) in [5.74, 6) is -0.637.